The van der Waals surface area contributed by atoms with E-state index in [0.29, 0.717) is 16.4 Å². The number of piperidine rings is 1. The molecule has 2 aromatic carbocycles. The summed E-state index contributed by atoms with van der Waals surface area (Å²) in [6, 6.07) is 15.3. The Bertz CT molecular complexity index is 1020. The van der Waals surface area contributed by atoms with Gasteiger partial charge in [-0.15, -0.1) is 5.10 Å². The molecule has 1 aliphatic rings. The summed E-state index contributed by atoms with van der Waals surface area (Å²) in [5.74, 6) is 0.553. The van der Waals surface area contributed by atoms with Gasteiger partial charge in [0.25, 0.3) is 5.91 Å². The van der Waals surface area contributed by atoms with Gasteiger partial charge in [-0.05, 0) is 74.7 Å². The van der Waals surface area contributed by atoms with Crippen molar-refractivity contribution in [2.24, 2.45) is 5.92 Å². The van der Waals surface area contributed by atoms with Crippen molar-refractivity contribution in [3.8, 4) is 5.69 Å². The molecule has 0 bridgehead atoms. The van der Waals surface area contributed by atoms with Gasteiger partial charge >= 0.3 is 0 Å². The van der Waals surface area contributed by atoms with Crippen LogP contribution in [0.25, 0.3) is 5.69 Å². The number of hydrogen-bond donors (Lipinski definition) is 1. The first-order valence-electron chi connectivity index (χ1n) is 10.3. The summed E-state index contributed by atoms with van der Waals surface area (Å²) < 4.78 is 1.61. The molecule has 1 N–H and O–H groups in total. The van der Waals surface area contributed by atoms with E-state index >= 15 is 0 Å². The number of benzene rings is 2. The average molecular weight is 424 g/mol. The predicted molar refractivity (Wildman–Crippen MR) is 119 cm³/mol. The highest BCUT2D eigenvalue weighted by Crippen LogP contribution is 2.20. The topological polar surface area (TPSA) is 63.1 Å². The summed E-state index contributed by atoms with van der Waals surface area (Å²) in [6.45, 7) is 7.40. The Morgan fingerprint density at radius 3 is 2.60 bits per heavy atom. The van der Waals surface area contributed by atoms with Crippen molar-refractivity contribution in [1.29, 1.82) is 0 Å². The van der Waals surface area contributed by atoms with Gasteiger partial charge in [-0.3, -0.25) is 9.69 Å². The molecule has 156 valence electrons. The zero-order valence-corrected chi connectivity index (χ0v) is 18.1. The van der Waals surface area contributed by atoms with Gasteiger partial charge in [0, 0.05) is 17.3 Å². The van der Waals surface area contributed by atoms with E-state index in [0.717, 1.165) is 36.9 Å². The van der Waals surface area contributed by atoms with Crippen molar-refractivity contribution < 1.29 is 4.79 Å². The quantitative estimate of drug-likeness (QED) is 0.645. The molecule has 0 unspecified atom stereocenters. The third-order valence-corrected chi connectivity index (χ3v) is 5.89. The third-order valence-electron chi connectivity index (χ3n) is 5.66. The van der Waals surface area contributed by atoms with Gasteiger partial charge in [-0.1, -0.05) is 41.9 Å². The Labute approximate surface area is 181 Å². The molecule has 3 aromatic rings. The molecule has 0 saturated carbocycles. The van der Waals surface area contributed by atoms with E-state index < -0.39 is 0 Å². The predicted octanol–water partition coefficient (Wildman–Crippen LogP) is 4.71. The first kappa shape index (κ1) is 20.6. The fourth-order valence-corrected chi connectivity index (χ4v) is 3.94. The van der Waals surface area contributed by atoms with Gasteiger partial charge in [0.2, 0.25) is 0 Å². The second-order valence-electron chi connectivity index (χ2n) is 8.02. The van der Waals surface area contributed by atoms with Crippen molar-refractivity contribution in [2.45, 2.75) is 33.2 Å². The van der Waals surface area contributed by atoms with E-state index in [2.05, 4.69) is 39.6 Å². The second-order valence-corrected chi connectivity index (χ2v) is 8.46. The molecule has 0 radical (unpaired) electrons. The molecule has 1 saturated heterocycles. The van der Waals surface area contributed by atoms with Crippen LogP contribution in [0.3, 0.4) is 0 Å². The number of amides is 1. The normalized spacial score (nSPS) is 15.3. The van der Waals surface area contributed by atoms with E-state index in [1.165, 1.54) is 18.4 Å². The van der Waals surface area contributed by atoms with Gasteiger partial charge in [0.1, 0.15) is 0 Å². The lowest BCUT2D eigenvalue weighted by Crippen LogP contribution is -2.32. The zero-order valence-electron chi connectivity index (χ0n) is 17.3. The summed E-state index contributed by atoms with van der Waals surface area (Å²) in [5, 5.41) is 11.7. The van der Waals surface area contributed by atoms with E-state index in [9.17, 15) is 4.79 Å². The molecule has 0 aliphatic carbocycles. The van der Waals surface area contributed by atoms with E-state index in [4.69, 9.17) is 11.6 Å². The fourth-order valence-electron chi connectivity index (χ4n) is 3.75. The molecule has 4 rings (SSSR count). The molecule has 7 heteroatoms. The van der Waals surface area contributed by atoms with Crippen LogP contribution in [0, 0.1) is 12.8 Å². The molecule has 6 nitrogen and oxygen atoms in total. The highest BCUT2D eigenvalue weighted by atomic mass is 35.5. The van der Waals surface area contributed by atoms with E-state index in [1.807, 2.05) is 31.2 Å². The van der Waals surface area contributed by atoms with Crippen LogP contribution in [0.5, 0.6) is 0 Å². The van der Waals surface area contributed by atoms with Crippen LogP contribution in [-0.4, -0.2) is 38.9 Å². The number of likely N-dealkylation sites (tertiary alicyclic amines) is 1. The van der Waals surface area contributed by atoms with Crippen LogP contribution < -0.4 is 5.32 Å². The van der Waals surface area contributed by atoms with Crippen molar-refractivity contribution in [3.05, 3.63) is 70.5 Å². The number of carbonyl (C=O) groups excluding carboxylic acids is 1. The third kappa shape index (κ3) is 4.71. The molecular formula is C23H26ClN5O. The van der Waals surface area contributed by atoms with Crippen LogP contribution in [0.4, 0.5) is 5.69 Å². The Morgan fingerprint density at radius 2 is 1.90 bits per heavy atom. The Kier molecular flexibility index (Phi) is 6.16. The van der Waals surface area contributed by atoms with Crippen molar-refractivity contribution in [2.75, 3.05) is 18.4 Å². The summed E-state index contributed by atoms with van der Waals surface area (Å²) in [6.07, 6.45) is 2.53. The fraction of sp³-hybridized carbons (Fsp3) is 0.348. The summed E-state index contributed by atoms with van der Waals surface area (Å²) >= 11 is 6.06. The molecular weight excluding hydrogens is 398 g/mol. The van der Waals surface area contributed by atoms with Gasteiger partial charge in [-0.2, -0.15) is 0 Å². The van der Waals surface area contributed by atoms with Gasteiger partial charge in [-0.25, -0.2) is 4.68 Å². The second kappa shape index (κ2) is 8.98. The number of aromatic nitrogens is 3. The number of halogens is 1. The van der Waals surface area contributed by atoms with Gasteiger partial charge in [0.15, 0.2) is 5.69 Å². The van der Waals surface area contributed by atoms with E-state index in [1.54, 1.807) is 16.8 Å². The first-order chi connectivity index (χ1) is 14.5. The Hall–Kier alpha value is -2.70. The number of carbonyl (C=O) groups is 1. The van der Waals surface area contributed by atoms with Crippen LogP contribution in [-0.2, 0) is 6.54 Å². The smallest absolute Gasteiger partial charge is 0.278 e. The largest absolute Gasteiger partial charge is 0.321 e. The highest BCUT2D eigenvalue weighted by Gasteiger charge is 2.18. The van der Waals surface area contributed by atoms with Crippen molar-refractivity contribution in [3.63, 3.8) is 0 Å². The number of anilines is 1. The lowest BCUT2D eigenvalue weighted by Gasteiger charge is -2.30. The maximum atomic E-state index is 12.7. The van der Waals surface area contributed by atoms with E-state index in [-0.39, 0.29) is 5.91 Å². The molecule has 0 atom stereocenters. The molecule has 30 heavy (non-hydrogen) atoms. The molecule has 1 fully saturated rings. The van der Waals surface area contributed by atoms with Crippen LogP contribution >= 0.6 is 11.6 Å². The number of rotatable bonds is 5. The summed E-state index contributed by atoms with van der Waals surface area (Å²) in [7, 11) is 0. The van der Waals surface area contributed by atoms with Crippen molar-refractivity contribution in [1.82, 2.24) is 19.9 Å². The SMILES string of the molecule is Cc1c(C(=O)Nc2ccc(CN3CCC(C)CC3)cc2)nnn1-c1cccc(Cl)c1. The zero-order chi connectivity index (χ0) is 21.1. The molecule has 1 aromatic heterocycles. The first-order valence-corrected chi connectivity index (χ1v) is 10.7. The highest BCUT2D eigenvalue weighted by molar-refractivity contribution is 6.30. The van der Waals surface area contributed by atoms with Gasteiger partial charge in [0.05, 0.1) is 11.4 Å². The molecule has 1 amide bonds. The molecule has 1 aliphatic heterocycles. The summed E-state index contributed by atoms with van der Waals surface area (Å²) in [4.78, 5) is 15.2. The minimum atomic E-state index is -0.279. The van der Waals surface area contributed by atoms with Crippen molar-refractivity contribution >= 4 is 23.2 Å². The molecule has 2 heterocycles. The van der Waals surface area contributed by atoms with Crippen LogP contribution in [0.2, 0.25) is 5.02 Å². The molecule has 0 spiro atoms. The lowest BCUT2D eigenvalue weighted by molar-refractivity contribution is 0.102. The number of hydrogen-bond acceptors (Lipinski definition) is 4. The van der Waals surface area contributed by atoms with Crippen LogP contribution in [0.1, 0.15) is 41.5 Å². The van der Waals surface area contributed by atoms with Gasteiger partial charge < -0.3 is 5.32 Å². The maximum Gasteiger partial charge on any atom is 0.278 e. The lowest BCUT2D eigenvalue weighted by atomic mass is 9.99. The number of nitrogens with zero attached hydrogens (tertiary/aromatic N) is 4. The average Bonchev–Trinajstić information content (AvgIpc) is 3.13. The Morgan fingerprint density at radius 1 is 1.17 bits per heavy atom. The number of nitrogens with one attached hydrogen (secondary N) is 1. The minimum Gasteiger partial charge on any atom is -0.321 e. The van der Waals surface area contributed by atoms with Crippen LogP contribution in [0.15, 0.2) is 48.5 Å². The Balaban J connectivity index is 1.40. The monoisotopic (exact) mass is 423 g/mol. The minimum absolute atomic E-state index is 0.279. The standard InChI is InChI=1S/C23H26ClN5O/c1-16-10-12-28(13-11-16)15-18-6-8-20(9-7-18)25-23(30)22-17(2)29(27-26-22)21-5-3-4-19(24)14-21/h3-9,14,16H,10-13,15H2,1-2H3,(H,25,30). The maximum absolute atomic E-state index is 12.7. The summed E-state index contributed by atoms with van der Waals surface area (Å²) in [5.41, 5.74) is 3.72.